The lowest BCUT2D eigenvalue weighted by atomic mass is 10.1. The number of aromatic nitrogens is 1. The second kappa shape index (κ2) is 7.57. The molecule has 128 valence electrons. The highest BCUT2D eigenvalue weighted by Crippen LogP contribution is 2.14. The molecule has 1 amide bonds. The Balaban J connectivity index is 1.92. The third-order valence-electron chi connectivity index (χ3n) is 3.79. The van der Waals surface area contributed by atoms with Gasteiger partial charge < -0.3 is 5.32 Å². The number of pyridine rings is 1. The predicted molar refractivity (Wildman–Crippen MR) is 93.4 cm³/mol. The molecule has 1 aromatic carbocycles. The molecule has 0 saturated heterocycles. The molecule has 1 aromatic heterocycles. The summed E-state index contributed by atoms with van der Waals surface area (Å²) < 4.78 is 24.5. The summed E-state index contributed by atoms with van der Waals surface area (Å²) in [6.45, 7) is 5.63. The first kappa shape index (κ1) is 18.1. The third kappa shape index (κ3) is 4.89. The number of carbonyl (C=O) groups excluding carboxylic acids is 1. The van der Waals surface area contributed by atoms with Gasteiger partial charge in [0.25, 0.3) is 0 Å². The zero-order valence-electron chi connectivity index (χ0n) is 14.1. The van der Waals surface area contributed by atoms with Crippen molar-refractivity contribution in [1.29, 1.82) is 0 Å². The van der Waals surface area contributed by atoms with Crippen molar-refractivity contribution < 1.29 is 13.2 Å². The number of nitrogens with one attached hydrogen (secondary N) is 1. The predicted octanol–water partition coefficient (Wildman–Crippen LogP) is 2.74. The van der Waals surface area contributed by atoms with E-state index < -0.39 is 9.84 Å². The average molecular weight is 346 g/mol. The zero-order chi connectivity index (χ0) is 17.7. The quantitative estimate of drug-likeness (QED) is 0.872. The molecule has 1 heterocycles. The van der Waals surface area contributed by atoms with Crippen molar-refractivity contribution in [2.75, 3.05) is 5.75 Å². The van der Waals surface area contributed by atoms with Gasteiger partial charge in [0.15, 0.2) is 9.84 Å². The number of hydrogen-bond acceptors (Lipinski definition) is 4. The summed E-state index contributed by atoms with van der Waals surface area (Å²) in [4.78, 5) is 16.5. The molecule has 0 spiro atoms. The van der Waals surface area contributed by atoms with E-state index in [1.165, 1.54) is 0 Å². The van der Waals surface area contributed by atoms with E-state index in [0.29, 0.717) is 0 Å². The van der Waals surface area contributed by atoms with E-state index >= 15 is 0 Å². The van der Waals surface area contributed by atoms with Crippen molar-refractivity contribution in [3.63, 3.8) is 0 Å². The van der Waals surface area contributed by atoms with Gasteiger partial charge in [0, 0.05) is 18.3 Å². The highest BCUT2D eigenvalue weighted by Gasteiger charge is 2.17. The zero-order valence-corrected chi connectivity index (χ0v) is 14.9. The van der Waals surface area contributed by atoms with Crippen molar-refractivity contribution in [3.05, 3.63) is 59.4 Å². The first-order chi connectivity index (χ1) is 11.3. The summed E-state index contributed by atoms with van der Waals surface area (Å²) in [5.74, 6) is -0.500. The van der Waals surface area contributed by atoms with Crippen LogP contribution >= 0.6 is 0 Å². The van der Waals surface area contributed by atoms with Crippen LogP contribution in [-0.2, 0) is 14.6 Å². The second-order valence-electron chi connectivity index (χ2n) is 5.90. The van der Waals surface area contributed by atoms with Crippen LogP contribution in [-0.4, -0.2) is 25.1 Å². The number of rotatable bonds is 6. The van der Waals surface area contributed by atoms with Crippen molar-refractivity contribution in [2.45, 2.75) is 38.1 Å². The van der Waals surface area contributed by atoms with E-state index in [2.05, 4.69) is 10.3 Å². The molecule has 0 aliphatic heterocycles. The smallest absolute Gasteiger partial charge is 0.221 e. The minimum atomic E-state index is -3.45. The van der Waals surface area contributed by atoms with Gasteiger partial charge in [-0.05, 0) is 44.5 Å². The first-order valence-corrected chi connectivity index (χ1v) is 9.44. The molecule has 1 atom stereocenters. The largest absolute Gasteiger partial charge is 0.349 e. The van der Waals surface area contributed by atoms with Gasteiger partial charge in [-0.25, -0.2) is 8.42 Å². The molecule has 5 nitrogen and oxygen atoms in total. The summed E-state index contributed by atoms with van der Waals surface area (Å²) in [6.07, 6.45) is 1.64. The van der Waals surface area contributed by atoms with Gasteiger partial charge in [-0.2, -0.15) is 0 Å². The summed E-state index contributed by atoms with van der Waals surface area (Å²) in [6, 6.07) is 10.2. The van der Waals surface area contributed by atoms with Gasteiger partial charge in [0.05, 0.1) is 16.7 Å². The highest BCUT2D eigenvalue weighted by atomic mass is 32.2. The van der Waals surface area contributed by atoms with Crippen LogP contribution in [0.3, 0.4) is 0 Å². The minimum Gasteiger partial charge on any atom is -0.349 e. The lowest BCUT2D eigenvalue weighted by molar-refractivity contribution is -0.121. The molecule has 2 rings (SSSR count). The van der Waals surface area contributed by atoms with Gasteiger partial charge in [-0.15, -0.1) is 0 Å². The Morgan fingerprint density at radius 1 is 1.12 bits per heavy atom. The summed E-state index contributed by atoms with van der Waals surface area (Å²) in [7, 11) is -3.45. The maximum atomic E-state index is 12.3. The first-order valence-electron chi connectivity index (χ1n) is 7.79. The molecule has 0 radical (unpaired) electrons. The van der Waals surface area contributed by atoms with Crippen LogP contribution in [0.2, 0.25) is 0 Å². The Morgan fingerprint density at radius 3 is 2.38 bits per heavy atom. The number of amides is 1. The number of carbonyl (C=O) groups is 1. The molecule has 0 saturated carbocycles. The fourth-order valence-corrected chi connectivity index (χ4v) is 3.46. The van der Waals surface area contributed by atoms with Gasteiger partial charge >= 0.3 is 0 Å². The molecular formula is C18H22N2O3S. The Kier molecular flexibility index (Phi) is 5.72. The number of nitrogens with zero attached hydrogens (tertiary/aromatic N) is 1. The van der Waals surface area contributed by atoms with Gasteiger partial charge in [-0.1, -0.05) is 23.8 Å². The maximum Gasteiger partial charge on any atom is 0.221 e. The molecule has 0 aliphatic carbocycles. The van der Waals surface area contributed by atoms with Gasteiger partial charge in [-0.3, -0.25) is 9.78 Å². The number of benzene rings is 1. The Bertz CT molecular complexity index is 797. The molecular weight excluding hydrogens is 324 g/mol. The SMILES string of the molecule is Cc1ccc(S(=O)(=O)CCC(=O)N[C@H](C)c2ccc(C)nc2)cc1. The van der Waals surface area contributed by atoms with E-state index in [-0.39, 0.29) is 29.0 Å². The van der Waals surface area contributed by atoms with Crippen LogP contribution in [0.5, 0.6) is 0 Å². The number of hydrogen-bond donors (Lipinski definition) is 1. The summed E-state index contributed by atoms with van der Waals surface area (Å²) in [5, 5.41) is 2.81. The lowest BCUT2D eigenvalue weighted by Gasteiger charge is -2.14. The van der Waals surface area contributed by atoms with Crippen LogP contribution in [0.15, 0.2) is 47.5 Å². The van der Waals surface area contributed by atoms with Gasteiger partial charge in [0.1, 0.15) is 0 Å². The second-order valence-corrected chi connectivity index (χ2v) is 8.01. The van der Waals surface area contributed by atoms with E-state index in [1.54, 1.807) is 30.5 Å². The highest BCUT2D eigenvalue weighted by molar-refractivity contribution is 7.91. The van der Waals surface area contributed by atoms with Crippen LogP contribution in [0.25, 0.3) is 0 Å². The summed E-state index contributed by atoms with van der Waals surface area (Å²) in [5.41, 5.74) is 2.78. The fourth-order valence-electron chi connectivity index (χ4n) is 2.22. The van der Waals surface area contributed by atoms with Crippen molar-refractivity contribution in [1.82, 2.24) is 10.3 Å². The molecule has 0 aliphatic rings. The third-order valence-corrected chi connectivity index (χ3v) is 5.52. The normalized spacial score (nSPS) is 12.6. The lowest BCUT2D eigenvalue weighted by Crippen LogP contribution is -2.28. The summed E-state index contributed by atoms with van der Waals surface area (Å²) >= 11 is 0. The maximum absolute atomic E-state index is 12.3. The monoisotopic (exact) mass is 346 g/mol. The fraction of sp³-hybridized carbons (Fsp3) is 0.333. The standard InChI is InChI=1S/C18H22N2O3S/c1-13-4-8-17(9-5-13)24(22,23)11-10-18(21)20-15(3)16-7-6-14(2)19-12-16/h4-9,12,15H,10-11H2,1-3H3,(H,20,21)/t15-/m1/s1. The molecule has 0 fully saturated rings. The van der Waals surface area contributed by atoms with Crippen LogP contribution in [0, 0.1) is 13.8 Å². The number of aryl methyl sites for hydroxylation is 2. The van der Waals surface area contributed by atoms with E-state index in [4.69, 9.17) is 0 Å². The molecule has 24 heavy (non-hydrogen) atoms. The van der Waals surface area contributed by atoms with Crippen LogP contribution < -0.4 is 5.32 Å². The van der Waals surface area contributed by atoms with Gasteiger partial charge in [0.2, 0.25) is 5.91 Å². The van der Waals surface area contributed by atoms with Crippen molar-refractivity contribution >= 4 is 15.7 Å². The van der Waals surface area contributed by atoms with Crippen LogP contribution in [0.1, 0.15) is 36.2 Å². The Labute approximate surface area is 143 Å². The number of sulfone groups is 1. The molecule has 6 heteroatoms. The van der Waals surface area contributed by atoms with Crippen LogP contribution in [0.4, 0.5) is 0 Å². The van der Waals surface area contributed by atoms with Crippen molar-refractivity contribution in [2.24, 2.45) is 0 Å². The Morgan fingerprint density at radius 2 is 1.79 bits per heavy atom. The van der Waals surface area contributed by atoms with E-state index in [0.717, 1.165) is 16.8 Å². The topological polar surface area (TPSA) is 76.1 Å². The molecule has 0 unspecified atom stereocenters. The Hall–Kier alpha value is -2.21. The average Bonchev–Trinajstić information content (AvgIpc) is 2.54. The van der Waals surface area contributed by atoms with E-state index in [1.807, 2.05) is 32.9 Å². The molecule has 0 bridgehead atoms. The minimum absolute atomic E-state index is 0.0696. The molecule has 1 N–H and O–H groups in total. The van der Waals surface area contributed by atoms with Crippen molar-refractivity contribution in [3.8, 4) is 0 Å². The molecule has 2 aromatic rings. The van der Waals surface area contributed by atoms with E-state index in [9.17, 15) is 13.2 Å².